The molecule has 0 unspecified atom stereocenters. The van der Waals surface area contributed by atoms with Crippen LogP contribution in [0.1, 0.15) is 38.8 Å². The van der Waals surface area contributed by atoms with E-state index in [1.54, 1.807) is 12.4 Å². The van der Waals surface area contributed by atoms with Crippen molar-refractivity contribution in [2.45, 2.75) is 38.8 Å². The van der Waals surface area contributed by atoms with Crippen LogP contribution in [0.15, 0.2) is 40.2 Å². The first-order chi connectivity index (χ1) is 26.2. The summed E-state index contributed by atoms with van der Waals surface area (Å²) in [5.41, 5.74) is 1.97. The van der Waals surface area contributed by atoms with Crippen molar-refractivity contribution < 1.29 is 13.5 Å². The first kappa shape index (κ1) is 38.5. The zero-order valence-electron chi connectivity index (χ0n) is 31.2. The molecule has 1 aliphatic carbocycles. The van der Waals surface area contributed by atoms with Crippen LogP contribution < -0.4 is 25.4 Å². The lowest BCUT2D eigenvalue weighted by Crippen LogP contribution is -2.46. The molecule has 1 atom stereocenters. The van der Waals surface area contributed by atoms with Gasteiger partial charge in [0.05, 0.1) is 39.3 Å². The zero-order chi connectivity index (χ0) is 37.0. The molecule has 13 nitrogen and oxygen atoms in total. The lowest BCUT2D eigenvalue weighted by Gasteiger charge is -2.37. The van der Waals surface area contributed by atoms with Crippen molar-refractivity contribution in [2.24, 2.45) is 0 Å². The van der Waals surface area contributed by atoms with Crippen LogP contribution in [0.4, 0.5) is 20.2 Å². The number of hydrogen-bond acceptors (Lipinski definition) is 11. The van der Waals surface area contributed by atoms with Crippen LogP contribution in [0.25, 0.3) is 48.7 Å². The smallest absolute Gasteiger partial charge is 0.235 e. The van der Waals surface area contributed by atoms with Crippen molar-refractivity contribution in [3.05, 3.63) is 62.7 Å². The lowest BCUT2D eigenvalue weighted by atomic mass is 10.1. The number of halogens is 4. The fourth-order valence-corrected chi connectivity index (χ4v) is 9.15. The molecule has 56 heavy (non-hydrogen) atoms. The Morgan fingerprint density at radius 3 is 2.23 bits per heavy atom. The molecule has 0 bridgehead atoms. The average molecular weight is 828 g/mol. The molecular weight excluding hydrogens is 785 g/mol. The molecule has 296 valence electrons. The van der Waals surface area contributed by atoms with E-state index in [2.05, 4.69) is 36.4 Å². The molecule has 2 aromatic carbocycles. The third kappa shape index (κ3) is 6.11. The minimum atomic E-state index is -0.497. The molecule has 10 rings (SSSR count). The van der Waals surface area contributed by atoms with Gasteiger partial charge in [-0.25, -0.2) is 8.78 Å². The Morgan fingerprint density at radius 2 is 1.52 bits per heavy atom. The number of pyridine rings is 2. The van der Waals surface area contributed by atoms with Gasteiger partial charge in [-0.15, -0.1) is 35.0 Å². The van der Waals surface area contributed by atoms with Gasteiger partial charge < -0.3 is 33.5 Å². The standard InChI is InChI=1S/C38H40F2N10O3S.2ClH/c1-4-45-9-13-46(14-10-45)30-17-29-23(15-27(30)39)33(51)25(18-49(29)22-5-6-22)36-41-42-38-50(36)43-37(54-38)26-19-48-21(2)20-53-35-31(48)24(34(26)52)16-28(40)32(35)47-11-7-44(3)8-12-47;;/h15-19,21-22H,4-14,20H2,1-3H3;2*1H/t21-;;/m0../s1. The summed E-state index contributed by atoms with van der Waals surface area (Å²) in [5.74, 6) is -0.323. The topological polar surface area (TPSA) is 109 Å². The summed E-state index contributed by atoms with van der Waals surface area (Å²) >= 11 is 1.16. The Bertz CT molecular complexity index is 2630. The predicted molar refractivity (Wildman–Crippen MR) is 220 cm³/mol. The first-order valence-corrected chi connectivity index (χ1v) is 19.6. The number of hydrogen-bond donors (Lipinski definition) is 0. The summed E-state index contributed by atoms with van der Waals surface area (Å²) in [6, 6.07) is 4.56. The zero-order valence-corrected chi connectivity index (χ0v) is 33.7. The van der Waals surface area contributed by atoms with E-state index in [0.717, 1.165) is 56.9 Å². The summed E-state index contributed by atoms with van der Waals surface area (Å²) in [6.45, 7) is 11.4. The van der Waals surface area contributed by atoms with Gasteiger partial charge in [-0.05, 0) is 51.6 Å². The van der Waals surface area contributed by atoms with E-state index in [9.17, 15) is 9.59 Å². The second-order valence-electron chi connectivity index (χ2n) is 15.0. The number of benzene rings is 2. The highest BCUT2D eigenvalue weighted by Crippen LogP contribution is 2.43. The molecule has 3 fully saturated rings. The van der Waals surface area contributed by atoms with Crippen molar-refractivity contribution in [3.63, 3.8) is 0 Å². The fraction of sp³-hybridized carbons (Fsp3) is 0.447. The molecule has 6 aromatic rings. The normalized spacial score (nSPS) is 19.1. The van der Waals surface area contributed by atoms with Gasteiger partial charge in [0.2, 0.25) is 10.4 Å². The van der Waals surface area contributed by atoms with E-state index in [1.165, 1.54) is 16.6 Å². The van der Waals surface area contributed by atoms with E-state index in [-0.39, 0.29) is 69.9 Å². The first-order valence-electron chi connectivity index (χ1n) is 18.7. The van der Waals surface area contributed by atoms with Crippen molar-refractivity contribution >= 4 is 74.3 Å². The quantitative estimate of drug-likeness (QED) is 0.215. The number of aromatic nitrogens is 6. The summed E-state index contributed by atoms with van der Waals surface area (Å²) in [5, 5.41) is 14.4. The van der Waals surface area contributed by atoms with E-state index in [4.69, 9.17) is 9.84 Å². The van der Waals surface area contributed by atoms with Crippen molar-refractivity contribution in [1.82, 2.24) is 38.7 Å². The lowest BCUT2D eigenvalue weighted by molar-refractivity contribution is 0.245. The number of rotatable bonds is 6. The number of nitrogens with zero attached hydrogens (tertiary/aromatic N) is 10. The molecule has 0 amide bonds. The fourth-order valence-electron chi connectivity index (χ4n) is 8.30. The minimum Gasteiger partial charge on any atom is -0.487 e. The Kier molecular flexibility index (Phi) is 10.0. The van der Waals surface area contributed by atoms with Crippen molar-refractivity contribution in [2.75, 3.05) is 82.4 Å². The number of ether oxygens (including phenoxy) is 1. The molecule has 7 heterocycles. The number of likely N-dealkylation sites (N-methyl/N-ethyl adjacent to an activating group) is 2. The molecule has 2 saturated heterocycles. The van der Waals surface area contributed by atoms with Crippen LogP contribution in [0, 0.1) is 11.6 Å². The molecule has 1 saturated carbocycles. The maximum atomic E-state index is 16.0. The van der Waals surface area contributed by atoms with Crippen molar-refractivity contribution in [3.8, 4) is 27.7 Å². The van der Waals surface area contributed by atoms with Crippen LogP contribution in [0.3, 0.4) is 0 Å². The number of fused-ring (bicyclic) bond motifs is 2. The van der Waals surface area contributed by atoms with Gasteiger partial charge in [-0.1, -0.05) is 18.3 Å². The van der Waals surface area contributed by atoms with Gasteiger partial charge in [-0.2, -0.15) is 9.61 Å². The van der Waals surface area contributed by atoms with E-state index in [0.29, 0.717) is 76.5 Å². The highest BCUT2D eigenvalue weighted by molar-refractivity contribution is 7.19. The van der Waals surface area contributed by atoms with Gasteiger partial charge in [0, 0.05) is 76.2 Å². The van der Waals surface area contributed by atoms with Crippen LogP contribution in [0.2, 0.25) is 0 Å². The van der Waals surface area contributed by atoms with Gasteiger partial charge in [0.25, 0.3) is 0 Å². The summed E-state index contributed by atoms with van der Waals surface area (Å²) in [6.07, 6.45) is 5.48. The van der Waals surface area contributed by atoms with Crippen LogP contribution >= 0.6 is 36.2 Å². The van der Waals surface area contributed by atoms with Crippen LogP contribution in [-0.4, -0.2) is 111 Å². The maximum absolute atomic E-state index is 16.0. The summed E-state index contributed by atoms with van der Waals surface area (Å²) in [7, 11) is 2.04. The van der Waals surface area contributed by atoms with E-state index < -0.39 is 11.6 Å². The molecule has 4 aromatic heterocycles. The average Bonchev–Trinajstić information content (AvgIpc) is 3.82. The maximum Gasteiger partial charge on any atom is 0.235 e. The Morgan fingerprint density at radius 1 is 0.839 bits per heavy atom. The Hall–Kier alpha value is -4.35. The van der Waals surface area contributed by atoms with E-state index >= 15 is 8.78 Å². The van der Waals surface area contributed by atoms with Crippen LogP contribution in [-0.2, 0) is 0 Å². The molecule has 18 heteroatoms. The largest absolute Gasteiger partial charge is 0.487 e. The summed E-state index contributed by atoms with van der Waals surface area (Å²) in [4.78, 5) is 37.4. The second-order valence-corrected chi connectivity index (χ2v) is 16.0. The predicted octanol–water partition coefficient (Wildman–Crippen LogP) is 5.45. The van der Waals surface area contributed by atoms with Crippen molar-refractivity contribution in [1.29, 1.82) is 0 Å². The Labute approximate surface area is 336 Å². The minimum absolute atomic E-state index is 0. The highest BCUT2D eigenvalue weighted by atomic mass is 35.5. The van der Waals surface area contributed by atoms with Crippen LogP contribution in [0.5, 0.6) is 5.75 Å². The number of piperazine rings is 2. The summed E-state index contributed by atoms with van der Waals surface area (Å²) < 4.78 is 43.6. The third-order valence-electron chi connectivity index (χ3n) is 11.6. The third-order valence-corrected chi connectivity index (χ3v) is 12.6. The molecule has 4 aliphatic rings. The molecule has 0 N–H and O–H groups in total. The monoisotopic (exact) mass is 826 g/mol. The number of anilines is 2. The molecule has 3 aliphatic heterocycles. The van der Waals surface area contributed by atoms with Gasteiger partial charge in [0.15, 0.2) is 27.8 Å². The second kappa shape index (κ2) is 14.5. The highest BCUT2D eigenvalue weighted by Gasteiger charge is 2.32. The van der Waals surface area contributed by atoms with Gasteiger partial charge in [0.1, 0.15) is 18.1 Å². The van der Waals surface area contributed by atoms with Gasteiger partial charge >= 0.3 is 0 Å². The molecule has 0 spiro atoms. The molecule has 0 radical (unpaired) electrons. The SMILES string of the molecule is CCN1CCN(c2cc3c(cc2F)c(=O)c(-c2nnc4sc(-c5cn6c7c(c(N8CCN(C)CC8)c(F)cc7c5=O)OC[C@@H]6C)nn24)cn3C2CC2)CC1.Cl.Cl. The molecular formula is C38H42Cl2F2N10O3S. The Balaban J connectivity index is 0.00000220. The van der Waals surface area contributed by atoms with E-state index in [1.807, 2.05) is 29.5 Å². The van der Waals surface area contributed by atoms with Gasteiger partial charge in [-0.3, -0.25) is 9.59 Å².